The second-order valence-corrected chi connectivity index (χ2v) is 5.06. The summed E-state index contributed by atoms with van der Waals surface area (Å²) >= 11 is 0. The molecule has 0 fully saturated rings. The maximum atomic E-state index is 13.6. The number of rotatable bonds is 6. The largest absolute Gasteiger partial charge is 0.375 e. The lowest BCUT2D eigenvalue weighted by Crippen LogP contribution is -2.18. The minimum Gasteiger partial charge on any atom is -0.375 e. The Balaban J connectivity index is 2.90. The number of nitro benzene ring substituents is 1. The number of hydrogen-bond donors (Lipinski definition) is 1. The summed E-state index contributed by atoms with van der Waals surface area (Å²) in [5.74, 6) is -1.40. The smallest absolute Gasteiger partial charge is 0.298 e. The second-order valence-electron chi connectivity index (χ2n) is 5.06. The van der Waals surface area contributed by atoms with E-state index in [9.17, 15) is 18.9 Å². The van der Waals surface area contributed by atoms with Gasteiger partial charge in [-0.3, -0.25) is 10.1 Å². The molecule has 0 saturated heterocycles. The van der Waals surface area contributed by atoms with Crippen molar-refractivity contribution >= 4 is 11.4 Å². The lowest BCUT2D eigenvalue weighted by molar-refractivity contribution is -0.384. The number of nitro groups is 1. The first kappa shape index (κ1) is 15.3. The summed E-state index contributed by atoms with van der Waals surface area (Å²) in [5.41, 5.74) is -0.823. The van der Waals surface area contributed by atoms with Gasteiger partial charge in [-0.25, -0.2) is 8.78 Å². The zero-order valence-electron chi connectivity index (χ0n) is 11.2. The van der Waals surface area contributed by atoms with Crippen LogP contribution in [-0.4, -0.2) is 11.0 Å². The van der Waals surface area contributed by atoms with Crippen molar-refractivity contribution in [3.8, 4) is 0 Å². The molecule has 0 aromatic heterocycles. The SMILES string of the molecule is CC(C)CCC(C)Nc1c(F)cc(F)cc1[N+](=O)[O-]. The van der Waals surface area contributed by atoms with E-state index >= 15 is 0 Å². The molecular weight excluding hydrogens is 254 g/mol. The molecule has 0 aliphatic carbocycles. The summed E-state index contributed by atoms with van der Waals surface area (Å²) in [5, 5.41) is 13.6. The van der Waals surface area contributed by atoms with Crippen LogP contribution in [0.1, 0.15) is 33.6 Å². The lowest BCUT2D eigenvalue weighted by Gasteiger charge is -2.16. The average Bonchev–Trinajstić information content (AvgIpc) is 2.29. The molecule has 106 valence electrons. The van der Waals surface area contributed by atoms with Crippen LogP contribution in [-0.2, 0) is 0 Å². The van der Waals surface area contributed by atoms with Crippen molar-refractivity contribution in [1.82, 2.24) is 0 Å². The van der Waals surface area contributed by atoms with Crippen LogP contribution in [0.4, 0.5) is 20.2 Å². The Hall–Kier alpha value is -1.72. The summed E-state index contributed by atoms with van der Waals surface area (Å²) in [6, 6.07) is 1.24. The quantitative estimate of drug-likeness (QED) is 0.626. The van der Waals surface area contributed by atoms with Gasteiger partial charge in [-0.05, 0) is 25.7 Å². The van der Waals surface area contributed by atoms with Crippen LogP contribution in [0.3, 0.4) is 0 Å². The zero-order valence-corrected chi connectivity index (χ0v) is 11.2. The fourth-order valence-electron chi connectivity index (χ4n) is 1.75. The molecule has 0 saturated carbocycles. The third-order valence-electron chi connectivity index (χ3n) is 2.80. The zero-order chi connectivity index (χ0) is 14.6. The van der Waals surface area contributed by atoms with E-state index < -0.39 is 22.2 Å². The van der Waals surface area contributed by atoms with E-state index in [2.05, 4.69) is 19.2 Å². The Morgan fingerprint density at radius 3 is 2.42 bits per heavy atom. The van der Waals surface area contributed by atoms with E-state index in [1.165, 1.54) is 0 Å². The first-order valence-corrected chi connectivity index (χ1v) is 6.21. The van der Waals surface area contributed by atoms with Crippen molar-refractivity contribution in [2.24, 2.45) is 5.92 Å². The van der Waals surface area contributed by atoms with Crippen LogP contribution in [0.25, 0.3) is 0 Å². The number of hydrogen-bond acceptors (Lipinski definition) is 3. The number of nitrogens with zero attached hydrogens (tertiary/aromatic N) is 1. The summed E-state index contributed by atoms with van der Waals surface area (Å²) < 4.78 is 26.6. The van der Waals surface area contributed by atoms with Gasteiger partial charge >= 0.3 is 0 Å². The molecule has 1 aromatic carbocycles. The molecule has 1 unspecified atom stereocenters. The second kappa shape index (κ2) is 6.45. The molecule has 1 atom stereocenters. The van der Waals surface area contributed by atoms with Crippen LogP contribution in [0, 0.1) is 27.7 Å². The maximum Gasteiger partial charge on any atom is 0.298 e. The molecule has 1 rings (SSSR count). The minimum absolute atomic E-state index is 0.124. The molecule has 0 radical (unpaired) electrons. The molecular formula is C13H18F2N2O2. The fraction of sp³-hybridized carbons (Fsp3) is 0.538. The molecule has 1 aromatic rings. The van der Waals surface area contributed by atoms with Crippen molar-refractivity contribution in [3.05, 3.63) is 33.9 Å². The average molecular weight is 272 g/mol. The van der Waals surface area contributed by atoms with E-state index in [0.29, 0.717) is 12.0 Å². The van der Waals surface area contributed by atoms with Gasteiger partial charge in [0.05, 0.1) is 11.0 Å². The van der Waals surface area contributed by atoms with Gasteiger partial charge in [0.25, 0.3) is 5.69 Å². The van der Waals surface area contributed by atoms with Crippen LogP contribution < -0.4 is 5.32 Å². The van der Waals surface area contributed by atoms with Crippen molar-refractivity contribution in [2.75, 3.05) is 5.32 Å². The predicted molar refractivity (Wildman–Crippen MR) is 70.2 cm³/mol. The van der Waals surface area contributed by atoms with E-state index in [0.717, 1.165) is 18.9 Å². The van der Waals surface area contributed by atoms with Crippen molar-refractivity contribution in [2.45, 2.75) is 39.7 Å². The molecule has 0 aliphatic rings. The van der Waals surface area contributed by atoms with Crippen LogP contribution in [0.15, 0.2) is 12.1 Å². The highest BCUT2D eigenvalue weighted by Crippen LogP contribution is 2.29. The van der Waals surface area contributed by atoms with Crippen molar-refractivity contribution < 1.29 is 13.7 Å². The highest BCUT2D eigenvalue weighted by Gasteiger charge is 2.21. The Morgan fingerprint density at radius 1 is 1.26 bits per heavy atom. The number of anilines is 1. The first-order valence-electron chi connectivity index (χ1n) is 6.21. The van der Waals surface area contributed by atoms with E-state index in [1.807, 2.05) is 6.92 Å². The highest BCUT2D eigenvalue weighted by molar-refractivity contribution is 5.62. The standard InChI is InChI=1S/C13H18F2N2O2/c1-8(2)4-5-9(3)16-13-11(15)6-10(14)7-12(13)17(18)19/h6-9,16H,4-5H2,1-3H3. The van der Waals surface area contributed by atoms with Crippen LogP contribution in [0.2, 0.25) is 0 Å². The predicted octanol–water partition coefficient (Wildman–Crippen LogP) is 4.11. The van der Waals surface area contributed by atoms with Gasteiger partial charge in [-0.15, -0.1) is 0 Å². The van der Waals surface area contributed by atoms with E-state index in [4.69, 9.17) is 0 Å². The normalized spacial score (nSPS) is 12.5. The fourth-order valence-corrected chi connectivity index (χ4v) is 1.75. The van der Waals surface area contributed by atoms with Crippen molar-refractivity contribution in [1.29, 1.82) is 0 Å². The van der Waals surface area contributed by atoms with E-state index in [1.54, 1.807) is 0 Å². The molecule has 1 N–H and O–H groups in total. The summed E-state index contributed by atoms with van der Waals surface area (Å²) in [7, 11) is 0. The van der Waals surface area contributed by atoms with Gasteiger partial charge < -0.3 is 5.32 Å². The third kappa shape index (κ3) is 4.46. The highest BCUT2D eigenvalue weighted by atomic mass is 19.1. The monoisotopic (exact) mass is 272 g/mol. The molecule has 0 spiro atoms. The van der Waals surface area contributed by atoms with E-state index in [-0.39, 0.29) is 11.7 Å². The Morgan fingerprint density at radius 2 is 1.89 bits per heavy atom. The Bertz CT molecular complexity index is 464. The van der Waals surface area contributed by atoms with Gasteiger partial charge in [0.2, 0.25) is 0 Å². The third-order valence-corrected chi connectivity index (χ3v) is 2.80. The van der Waals surface area contributed by atoms with Crippen molar-refractivity contribution in [3.63, 3.8) is 0 Å². The molecule has 0 heterocycles. The number of benzene rings is 1. The Labute approximate surface area is 111 Å². The van der Waals surface area contributed by atoms with Gasteiger partial charge in [0.1, 0.15) is 11.5 Å². The van der Waals surface area contributed by atoms with Gasteiger partial charge in [0.15, 0.2) is 5.82 Å². The first-order chi connectivity index (χ1) is 8.81. The van der Waals surface area contributed by atoms with Gasteiger partial charge in [-0.1, -0.05) is 13.8 Å². The molecule has 4 nitrogen and oxygen atoms in total. The van der Waals surface area contributed by atoms with Gasteiger partial charge in [0, 0.05) is 12.1 Å². The molecule has 0 amide bonds. The molecule has 19 heavy (non-hydrogen) atoms. The molecule has 0 bridgehead atoms. The topological polar surface area (TPSA) is 55.2 Å². The summed E-state index contributed by atoms with van der Waals surface area (Å²) in [6.45, 7) is 5.94. The Kier molecular flexibility index (Phi) is 5.20. The molecule has 0 aliphatic heterocycles. The van der Waals surface area contributed by atoms with Gasteiger partial charge in [-0.2, -0.15) is 0 Å². The van der Waals surface area contributed by atoms with Crippen LogP contribution in [0.5, 0.6) is 0 Å². The number of halogens is 2. The summed E-state index contributed by atoms with van der Waals surface area (Å²) in [4.78, 5) is 10.0. The maximum absolute atomic E-state index is 13.6. The summed E-state index contributed by atoms with van der Waals surface area (Å²) in [6.07, 6.45) is 1.68. The minimum atomic E-state index is -0.954. The van der Waals surface area contributed by atoms with Crippen LogP contribution >= 0.6 is 0 Å². The number of nitrogens with one attached hydrogen (secondary N) is 1. The molecule has 6 heteroatoms. The lowest BCUT2D eigenvalue weighted by atomic mass is 10.0.